The first-order chi connectivity index (χ1) is 16.5. The van der Waals surface area contributed by atoms with Gasteiger partial charge < -0.3 is 54.4 Å². The molecule has 0 radical (unpaired) electrons. The molecule has 1 aliphatic rings. The summed E-state index contributed by atoms with van der Waals surface area (Å²) in [5.41, 5.74) is -1.17. The monoisotopic (exact) mass is 492 g/mol. The van der Waals surface area contributed by atoms with Crippen molar-refractivity contribution in [1.29, 1.82) is 0 Å². The summed E-state index contributed by atoms with van der Waals surface area (Å²) in [6.07, 6.45) is -9.36. The second-order valence-corrected chi connectivity index (χ2v) is 7.67. The van der Waals surface area contributed by atoms with Crippen molar-refractivity contribution in [3.63, 3.8) is 0 Å². The minimum Gasteiger partial charge on any atom is -0.508 e. The Bertz CT molecular complexity index is 1350. The van der Waals surface area contributed by atoms with E-state index in [1.807, 2.05) is 0 Å². The number of aliphatic hydroxyl groups excluding tert-OH is 3. The third-order valence-corrected chi connectivity index (χ3v) is 5.42. The van der Waals surface area contributed by atoms with Crippen LogP contribution in [0.3, 0.4) is 0 Å². The first kappa shape index (κ1) is 24.1. The van der Waals surface area contributed by atoms with Gasteiger partial charge in [0.1, 0.15) is 40.8 Å². The first-order valence-electron chi connectivity index (χ1n) is 10.0. The Morgan fingerprint density at radius 1 is 0.971 bits per heavy atom. The van der Waals surface area contributed by atoms with Crippen LogP contribution in [0.15, 0.2) is 39.5 Å². The predicted octanol–water partition coefficient (Wildman–Crippen LogP) is -0.144. The molecule has 2 aromatic carbocycles. The molecule has 186 valence electrons. The number of phenolic OH excluding ortho intramolecular Hbond substituents is 2. The highest BCUT2D eigenvalue weighted by atomic mass is 16.7. The van der Waals surface area contributed by atoms with Crippen LogP contribution in [0.4, 0.5) is 0 Å². The minimum absolute atomic E-state index is 0.0424. The number of benzene rings is 2. The topological polar surface area (TPSA) is 217 Å². The molecule has 0 bridgehead atoms. The van der Waals surface area contributed by atoms with E-state index in [1.54, 1.807) is 0 Å². The highest BCUT2D eigenvalue weighted by Crippen LogP contribution is 2.39. The van der Waals surface area contributed by atoms with Gasteiger partial charge in [-0.15, -0.1) is 0 Å². The van der Waals surface area contributed by atoms with Crippen LogP contribution < -0.4 is 14.9 Å². The van der Waals surface area contributed by atoms with Crippen LogP contribution in [0.2, 0.25) is 0 Å². The number of hydrogen-bond donors (Lipinski definition) is 7. The largest absolute Gasteiger partial charge is 0.508 e. The minimum atomic E-state index is -1.92. The molecule has 0 aliphatic carbocycles. The summed E-state index contributed by atoms with van der Waals surface area (Å²) in [6, 6.07) is 5.88. The predicted molar refractivity (Wildman–Crippen MR) is 114 cm³/mol. The van der Waals surface area contributed by atoms with E-state index in [9.17, 15) is 45.3 Å². The Labute approximate surface area is 195 Å². The number of aromatic hydroxyl groups is 3. The van der Waals surface area contributed by atoms with Gasteiger partial charge in [0.05, 0.1) is 7.11 Å². The zero-order valence-corrected chi connectivity index (χ0v) is 17.9. The summed E-state index contributed by atoms with van der Waals surface area (Å²) in [5.74, 6) is -3.97. The summed E-state index contributed by atoms with van der Waals surface area (Å²) in [7, 11) is 1.28. The number of ether oxygens (including phenoxy) is 3. The van der Waals surface area contributed by atoms with Gasteiger partial charge in [0.25, 0.3) is 0 Å². The maximum Gasteiger partial charge on any atom is 0.335 e. The van der Waals surface area contributed by atoms with Crippen molar-refractivity contribution in [1.82, 2.24) is 0 Å². The van der Waals surface area contributed by atoms with Crippen molar-refractivity contribution in [2.75, 3.05) is 7.11 Å². The average molecular weight is 492 g/mol. The molecule has 35 heavy (non-hydrogen) atoms. The zero-order chi connectivity index (χ0) is 25.6. The molecule has 1 fully saturated rings. The molecule has 0 saturated carbocycles. The van der Waals surface area contributed by atoms with Crippen molar-refractivity contribution in [2.45, 2.75) is 30.7 Å². The standard InChI is InChI=1S/C22H20O13/c1-32-10-3-2-7(19-16(27)14(25)13-9(24)5-8(23)6-12(13)33-19)4-11(10)34-22-18(29)15(26)17(28)20(35-22)21(30)31/h2-6,15,17-18,20,22-24,26-29H,1H3,(H,30,31)/t15-,17-,18+,20-,22?/m0/s1. The van der Waals surface area contributed by atoms with E-state index in [-0.39, 0.29) is 33.8 Å². The lowest BCUT2D eigenvalue weighted by Gasteiger charge is -2.38. The molecule has 13 heteroatoms. The van der Waals surface area contributed by atoms with Gasteiger partial charge in [-0.3, -0.25) is 4.79 Å². The second-order valence-electron chi connectivity index (χ2n) is 7.67. The second kappa shape index (κ2) is 8.96. The van der Waals surface area contributed by atoms with Crippen LogP contribution in [0.25, 0.3) is 22.3 Å². The SMILES string of the molecule is COc1ccc(-c2oc3cc(O)cc(O)c3c(=O)c2O)cc1OC1O[C@H](C(=O)O)[C@@H](O)[C@H](O)[C@H]1O. The summed E-state index contributed by atoms with van der Waals surface area (Å²) in [4.78, 5) is 24.0. The molecular weight excluding hydrogens is 472 g/mol. The summed E-state index contributed by atoms with van der Waals surface area (Å²) < 4.78 is 21.4. The van der Waals surface area contributed by atoms with E-state index >= 15 is 0 Å². The molecule has 7 N–H and O–H groups in total. The normalized spacial score (nSPS) is 24.3. The molecule has 4 rings (SSSR count). The number of carbonyl (C=O) groups is 1. The van der Waals surface area contributed by atoms with E-state index in [1.165, 1.54) is 25.3 Å². The Morgan fingerprint density at radius 3 is 2.34 bits per heavy atom. The van der Waals surface area contributed by atoms with Crippen molar-refractivity contribution in [3.8, 4) is 40.1 Å². The number of carboxylic acids is 1. The molecule has 1 unspecified atom stereocenters. The van der Waals surface area contributed by atoms with Gasteiger partial charge in [-0.2, -0.15) is 0 Å². The average Bonchev–Trinajstić information content (AvgIpc) is 2.80. The van der Waals surface area contributed by atoms with Crippen molar-refractivity contribution in [3.05, 3.63) is 40.6 Å². The van der Waals surface area contributed by atoms with Gasteiger partial charge in [0.2, 0.25) is 17.5 Å². The van der Waals surface area contributed by atoms with E-state index in [0.717, 1.165) is 12.1 Å². The number of rotatable bonds is 5. The van der Waals surface area contributed by atoms with Gasteiger partial charge in [-0.05, 0) is 18.2 Å². The number of aliphatic carboxylic acids is 1. The van der Waals surface area contributed by atoms with Gasteiger partial charge >= 0.3 is 5.97 Å². The van der Waals surface area contributed by atoms with Crippen LogP contribution in [-0.4, -0.2) is 79.5 Å². The van der Waals surface area contributed by atoms with E-state index in [0.29, 0.717) is 0 Å². The Kier molecular flexibility index (Phi) is 6.17. The number of carboxylic acid groups (broad SMARTS) is 1. The van der Waals surface area contributed by atoms with Crippen LogP contribution >= 0.6 is 0 Å². The maximum absolute atomic E-state index is 12.6. The van der Waals surface area contributed by atoms with E-state index in [4.69, 9.17) is 18.6 Å². The fourth-order valence-corrected chi connectivity index (χ4v) is 3.66. The molecule has 2 heterocycles. The van der Waals surface area contributed by atoms with Crippen LogP contribution in [0, 0.1) is 0 Å². The summed E-state index contributed by atoms with van der Waals surface area (Å²) >= 11 is 0. The smallest absolute Gasteiger partial charge is 0.335 e. The van der Waals surface area contributed by atoms with E-state index in [2.05, 4.69) is 0 Å². The van der Waals surface area contributed by atoms with Crippen molar-refractivity contribution in [2.24, 2.45) is 0 Å². The quantitative estimate of drug-likeness (QED) is 0.247. The molecule has 3 aromatic rings. The Morgan fingerprint density at radius 2 is 1.69 bits per heavy atom. The third kappa shape index (κ3) is 4.17. The van der Waals surface area contributed by atoms with Gasteiger partial charge in [0, 0.05) is 17.7 Å². The molecular formula is C22H20O13. The molecule has 1 aliphatic heterocycles. The third-order valence-electron chi connectivity index (χ3n) is 5.42. The van der Waals surface area contributed by atoms with Crippen LogP contribution in [0.1, 0.15) is 0 Å². The number of hydrogen-bond acceptors (Lipinski definition) is 12. The lowest BCUT2D eigenvalue weighted by atomic mass is 9.99. The maximum atomic E-state index is 12.6. The molecule has 1 saturated heterocycles. The molecule has 0 spiro atoms. The number of phenols is 2. The summed E-state index contributed by atoms with van der Waals surface area (Å²) in [5, 5.41) is 69.0. The number of aliphatic hydroxyl groups is 3. The van der Waals surface area contributed by atoms with Gasteiger partial charge in [0.15, 0.2) is 23.4 Å². The Balaban J connectivity index is 1.78. The Hall–Kier alpha value is -4.04. The molecule has 1 aromatic heterocycles. The highest BCUT2D eigenvalue weighted by molar-refractivity contribution is 5.88. The van der Waals surface area contributed by atoms with E-state index < -0.39 is 59.4 Å². The van der Waals surface area contributed by atoms with Crippen molar-refractivity contribution < 1.29 is 59.2 Å². The molecule has 13 nitrogen and oxygen atoms in total. The lowest BCUT2D eigenvalue weighted by Crippen LogP contribution is -2.61. The fraction of sp³-hybridized carbons (Fsp3) is 0.273. The van der Waals surface area contributed by atoms with Crippen LogP contribution in [-0.2, 0) is 9.53 Å². The van der Waals surface area contributed by atoms with Crippen molar-refractivity contribution >= 4 is 16.9 Å². The number of methoxy groups -OCH3 is 1. The summed E-state index contributed by atoms with van der Waals surface area (Å²) in [6.45, 7) is 0. The van der Waals surface area contributed by atoms with Gasteiger partial charge in [-0.1, -0.05) is 0 Å². The van der Waals surface area contributed by atoms with Gasteiger partial charge in [-0.25, -0.2) is 4.79 Å². The molecule has 0 amide bonds. The number of fused-ring (bicyclic) bond motifs is 1. The highest BCUT2D eigenvalue weighted by Gasteiger charge is 2.48. The zero-order valence-electron chi connectivity index (χ0n) is 17.9. The molecule has 5 atom stereocenters. The fourth-order valence-electron chi connectivity index (χ4n) is 3.66. The lowest BCUT2D eigenvalue weighted by molar-refractivity contribution is -0.271. The van der Waals surface area contributed by atoms with Crippen LogP contribution in [0.5, 0.6) is 28.7 Å². The first-order valence-corrected chi connectivity index (χ1v) is 10.0.